The molecule has 4 heteroatoms. The number of ether oxygens (including phenoxy) is 1. The van der Waals surface area contributed by atoms with E-state index in [1.165, 1.54) is 0 Å². The minimum atomic E-state index is -0.716. The monoisotopic (exact) mass is 287 g/mol. The highest BCUT2D eigenvalue weighted by atomic mass is 16.5. The summed E-state index contributed by atoms with van der Waals surface area (Å²) in [7, 11) is 0. The fraction of sp³-hybridized carbons (Fsp3) is 0.471. The van der Waals surface area contributed by atoms with Gasteiger partial charge in [-0.25, -0.2) is 0 Å². The number of aliphatic hydroxyl groups excluding tert-OH is 1. The molecule has 1 fully saturated rings. The average molecular weight is 287 g/mol. The Morgan fingerprint density at radius 2 is 2.33 bits per heavy atom. The SMILES string of the molecule is Cc1cc(C#CCCO)ccc1NC(=O)C1(C)CCCO1. The number of benzene rings is 1. The van der Waals surface area contributed by atoms with Crippen molar-refractivity contribution in [1.82, 2.24) is 0 Å². The highest BCUT2D eigenvalue weighted by Gasteiger charge is 2.37. The lowest BCUT2D eigenvalue weighted by Crippen LogP contribution is -2.39. The van der Waals surface area contributed by atoms with Gasteiger partial charge in [-0.3, -0.25) is 4.79 Å². The van der Waals surface area contributed by atoms with E-state index in [4.69, 9.17) is 9.84 Å². The molecule has 0 spiro atoms. The third-order valence-corrected chi connectivity index (χ3v) is 3.64. The molecule has 2 rings (SSSR count). The van der Waals surface area contributed by atoms with Gasteiger partial charge in [0.1, 0.15) is 5.60 Å². The Labute approximate surface area is 125 Å². The van der Waals surface area contributed by atoms with Gasteiger partial charge in [-0.1, -0.05) is 11.8 Å². The molecule has 2 N–H and O–H groups in total. The van der Waals surface area contributed by atoms with Crippen LogP contribution in [0.1, 0.15) is 37.3 Å². The van der Waals surface area contributed by atoms with Crippen LogP contribution in [0.2, 0.25) is 0 Å². The number of aryl methyl sites for hydroxylation is 1. The molecule has 21 heavy (non-hydrogen) atoms. The molecule has 1 aromatic carbocycles. The topological polar surface area (TPSA) is 58.6 Å². The molecule has 0 aromatic heterocycles. The Morgan fingerprint density at radius 3 is 2.95 bits per heavy atom. The van der Waals surface area contributed by atoms with Gasteiger partial charge in [0.25, 0.3) is 5.91 Å². The molecular weight excluding hydrogens is 266 g/mol. The maximum absolute atomic E-state index is 12.3. The molecule has 1 saturated heterocycles. The highest BCUT2D eigenvalue weighted by Crippen LogP contribution is 2.27. The summed E-state index contributed by atoms with van der Waals surface area (Å²) in [6, 6.07) is 5.65. The first-order chi connectivity index (χ1) is 10.0. The molecule has 1 atom stereocenters. The predicted octanol–water partition coefficient (Wildman–Crippen LogP) is 2.24. The second-order valence-corrected chi connectivity index (χ2v) is 5.44. The molecule has 0 radical (unpaired) electrons. The van der Waals surface area contributed by atoms with Crippen molar-refractivity contribution in [3.63, 3.8) is 0 Å². The normalized spacial score (nSPS) is 20.7. The summed E-state index contributed by atoms with van der Waals surface area (Å²) in [5.41, 5.74) is 1.90. The molecule has 1 amide bonds. The van der Waals surface area contributed by atoms with E-state index in [1.54, 1.807) is 0 Å². The molecular formula is C17H21NO3. The smallest absolute Gasteiger partial charge is 0.256 e. The predicted molar refractivity (Wildman–Crippen MR) is 82.0 cm³/mol. The third-order valence-electron chi connectivity index (χ3n) is 3.64. The van der Waals surface area contributed by atoms with E-state index < -0.39 is 5.60 Å². The molecule has 1 aromatic rings. The highest BCUT2D eigenvalue weighted by molar-refractivity contribution is 5.97. The Kier molecular flexibility index (Phi) is 5.00. The lowest BCUT2D eigenvalue weighted by molar-refractivity contribution is -0.133. The van der Waals surface area contributed by atoms with Crippen molar-refractivity contribution in [2.75, 3.05) is 18.5 Å². The minimum absolute atomic E-state index is 0.0682. The van der Waals surface area contributed by atoms with Gasteiger partial charge in [-0.15, -0.1) is 0 Å². The second-order valence-electron chi connectivity index (χ2n) is 5.44. The molecule has 1 unspecified atom stereocenters. The van der Waals surface area contributed by atoms with Gasteiger partial charge in [0.15, 0.2) is 0 Å². The maximum Gasteiger partial charge on any atom is 0.256 e. The van der Waals surface area contributed by atoms with E-state index in [0.717, 1.165) is 29.7 Å². The van der Waals surface area contributed by atoms with Crippen molar-refractivity contribution in [1.29, 1.82) is 0 Å². The van der Waals surface area contributed by atoms with Crippen molar-refractivity contribution >= 4 is 11.6 Å². The van der Waals surface area contributed by atoms with Gasteiger partial charge in [0, 0.05) is 24.3 Å². The summed E-state index contributed by atoms with van der Waals surface area (Å²) in [4.78, 5) is 12.3. The lowest BCUT2D eigenvalue weighted by Gasteiger charge is -2.22. The van der Waals surface area contributed by atoms with Gasteiger partial charge in [0.05, 0.1) is 6.61 Å². The molecule has 112 valence electrons. The summed E-state index contributed by atoms with van der Waals surface area (Å²) in [5.74, 6) is 5.77. The number of carbonyl (C=O) groups excluding carboxylic acids is 1. The van der Waals surface area contributed by atoms with Crippen LogP contribution in [-0.4, -0.2) is 29.8 Å². The van der Waals surface area contributed by atoms with E-state index in [1.807, 2.05) is 32.0 Å². The second kappa shape index (κ2) is 6.75. The van der Waals surface area contributed by atoms with Crippen LogP contribution in [0.5, 0.6) is 0 Å². The summed E-state index contributed by atoms with van der Waals surface area (Å²) in [6.45, 7) is 4.48. The van der Waals surface area contributed by atoms with Crippen LogP contribution in [0, 0.1) is 18.8 Å². The largest absolute Gasteiger partial charge is 0.395 e. The number of hydrogen-bond donors (Lipinski definition) is 2. The van der Waals surface area contributed by atoms with E-state index in [0.29, 0.717) is 13.0 Å². The van der Waals surface area contributed by atoms with Gasteiger partial charge >= 0.3 is 0 Å². The first-order valence-electron chi connectivity index (χ1n) is 7.21. The summed E-state index contributed by atoms with van der Waals surface area (Å²) in [6.07, 6.45) is 2.14. The van der Waals surface area contributed by atoms with Crippen LogP contribution in [0.3, 0.4) is 0 Å². The number of carbonyl (C=O) groups is 1. The Bertz CT molecular complexity index is 577. The number of rotatable bonds is 3. The van der Waals surface area contributed by atoms with Gasteiger partial charge in [-0.05, 0) is 50.5 Å². The molecule has 0 saturated carbocycles. The number of aliphatic hydroxyl groups is 1. The first-order valence-corrected chi connectivity index (χ1v) is 7.21. The standard InChI is InChI=1S/C17H21NO3/c1-13-12-14(6-3-4-10-19)7-8-15(13)18-16(20)17(2)9-5-11-21-17/h7-8,12,19H,4-5,9-11H2,1-2H3,(H,18,20). The van der Waals surface area contributed by atoms with E-state index >= 15 is 0 Å². The number of hydrogen-bond acceptors (Lipinski definition) is 3. The number of amides is 1. The van der Waals surface area contributed by atoms with Crippen LogP contribution in [0.4, 0.5) is 5.69 Å². The zero-order chi connectivity index (χ0) is 15.3. The van der Waals surface area contributed by atoms with Crippen LogP contribution in [0.15, 0.2) is 18.2 Å². The zero-order valence-electron chi connectivity index (χ0n) is 12.5. The van der Waals surface area contributed by atoms with E-state index in [-0.39, 0.29) is 12.5 Å². The van der Waals surface area contributed by atoms with Crippen molar-refractivity contribution in [3.8, 4) is 11.8 Å². The van der Waals surface area contributed by atoms with Crippen molar-refractivity contribution in [2.45, 2.75) is 38.7 Å². The zero-order valence-corrected chi connectivity index (χ0v) is 12.5. The average Bonchev–Trinajstić information content (AvgIpc) is 2.90. The van der Waals surface area contributed by atoms with E-state index in [9.17, 15) is 4.79 Å². The van der Waals surface area contributed by atoms with Gasteiger partial charge in [-0.2, -0.15) is 0 Å². The number of anilines is 1. The Morgan fingerprint density at radius 1 is 1.52 bits per heavy atom. The lowest BCUT2D eigenvalue weighted by atomic mass is 10.0. The summed E-state index contributed by atoms with van der Waals surface area (Å²) < 4.78 is 5.55. The Balaban J connectivity index is 2.08. The molecule has 4 nitrogen and oxygen atoms in total. The van der Waals surface area contributed by atoms with Crippen LogP contribution in [-0.2, 0) is 9.53 Å². The minimum Gasteiger partial charge on any atom is -0.395 e. The summed E-state index contributed by atoms with van der Waals surface area (Å²) in [5, 5.41) is 11.6. The number of nitrogens with one attached hydrogen (secondary N) is 1. The van der Waals surface area contributed by atoms with Crippen LogP contribution in [0.25, 0.3) is 0 Å². The summed E-state index contributed by atoms with van der Waals surface area (Å²) >= 11 is 0. The maximum atomic E-state index is 12.3. The first kappa shape index (κ1) is 15.6. The third kappa shape index (κ3) is 3.84. The fourth-order valence-corrected chi connectivity index (χ4v) is 2.31. The van der Waals surface area contributed by atoms with Gasteiger partial charge < -0.3 is 15.2 Å². The fourth-order valence-electron chi connectivity index (χ4n) is 2.31. The molecule has 1 heterocycles. The van der Waals surface area contributed by atoms with Crippen LogP contribution >= 0.6 is 0 Å². The van der Waals surface area contributed by atoms with E-state index in [2.05, 4.69) is 17.2 Å². The quantitative estimate of drug-likeness (QED) is 0.838. The van der Waals surface area contributed by atoms with Crippen LogP contribution < -0.4 is 5.32 Å². The molecule has 1 aliphatic rings. The van der Waals surface area contributed by atoms with Crippen molar-refractivity contribution in [3.05, 3.63) is 29.3 Å². The van der Waals surface area contributed by atoms with Crippen molar-refractivity contribution < 1.29 is 14.6 Å². The van der Waals surface area contributed by atoms with Crippen molar-refractivity contribution in [2.24, 2.45) is 0 Å². The van der Waals surface area contributed by atoms with Gasteiger partial charge in [0.2, 0.25) is 0 Å². The molecule has 1 aliphatic heterocycles. The Hall–Kier alpha value is -1.83. The molecule has 0 aliphatic carbocycles. The molecule has 0 bridgehead atoms.